The molecule has 1 fully saturated rings. The zero-order chi connectivity index (χ0) is 11.5. The van der Waals surface area contributed by atoms with Crippen LogP contribution in [-0.2, 0) is 0 Å². The van der Waals surface area contributed by atoms with Crippen molar-refractivity contribution in [3.8, 4) is 0 Å². The van der Waals surface area contributed by atoms with E-state index in [1.165, 1.54) is 12.4 Å². The Balaban J connectivity index is 1.86. The molecule has 1 aromatic heterocycles. The highest BCUT2D eigenvalue weighted by Crippen LogP contribution is 2.32. The molecule has 0 amide bonds. The molecule has 1 aromatic rings. The number of anilines is 1. The van der Waals surface area contributed by atoms with Crippen molar-refractivity contribution >= 4 is 11.8 Å². The van der Waals surface area contributed by atoms with E-state index in [1.807, 2.05) is 0 Å². The number of aromatic nitrogens is 2. The first kappa shape index (κ1) is 10.8. The van der Waals surface area contributed by atoms with Crippen molar-refractivity contribution in [2.24, 2.45) is 5.92 Å². The number of aliphatic hydroxyl groups excluding tert-OH is 1. The Morgan fingerprint density at radius 2 is 2.25 bits per heavy atom. The zero-order valence-corrected chi connectivity index (χ0v) is 8.63. The number of carboxylic acid groups (broad SMARTS) is 1. The summed E-state index contributed by atoms with van der Waals surface area (Å²) >= 11 is 0. The average molecular weight is 223 g/mol. The van der Waals surface area contributed by atoms with E-state index in [1.54, 1.807) is 0 Å². The van der Waals surface area contributed by atoms with Gasteiger partial charge >= 0.3 is 5.97 Å². The predicted molar refractivity (Wildman–Crippen MR) is 56.2 cm³/mol. The van der Waals surface area contributed by atoms with Crippen LogP contribution in [0.5, 0.6) is 0 Å². The molecule has 3 N–H and O–H groups in total. The molecule has 0 bridgehead atoms. The van der Waals surface area contributed by atoms with Gasteiger partial charge in [0.2, 0.25) is 0 Å². The van der Waals surface area contributed by atoms with Gasteiger partial charge in [-0.15, -0.1) is 0 Å². The molecule has 6 heteroatoms. The van der Waals surface area contributed by atoms with Gasteiger partial charge in [0.05, 0.1) is 18.5 Å². The predicted octanol–water partition coefficient (Wildman–Crippen LogP) is 0.358. The van der Waals surface area contributed by atoms with E-state index in [9.17, 15) is 9.90 Å². The number of nitrogens with zero attached hydrogens (tertiary/aromatic N) is 2. The second kappa shape index (κ2) is 4.44. The number of aliphatic hydroxyl groups is 1. The molecule has 6 nitrogen and oxygen atoms in total. The number of hydrogen-bond acceptors (Lipinski definition) is 5. The molecule has 1 saturated carbocycles. The fourth-order valence-electron chi connectivity index (χ4n) is 1.39. The van der Waals surface area contributed by atoms with Crippen molar-refractivity contribution in [3.63, 3.8) is 0 Å². The van der Waals surface area contributed by atoms with Gasteiger partial charge in [-0.1, -0.05) is 0 Å². The third-order valence-corrected chi connectivity index (χ3v) is 2.53. The topological polar surface area (TPSA) is 95.3 Å². The van der Waals surface area contributed by atoms with E-state index < -0.39 is 5.97 Å². The minimum absolute atomic E-state index is 0.0895. The fourth-order valence-corrected chi connectivity index (χ4v) is 1.39. The van der Waals surface area contributed by atoms with Crippen molar-refractivity contribution in [1.82, 2.24) is 9.97 Å². The van der Waals surface area contributed by atoms with Crippen molar-refractivity contribution in [1.29, 1.82) is 0 Å². The highest BCUT2D eigenvalue weighted by Gasteiger charge is 2.29. The number of carbonyl (C=O) groups is 1. The quantitative estimate of drug-likeness (QED) is 0.667. The Morgan fingerprint density at radius 3 is 2.75 bits per heavy atom. The zero-order valence-electron chi connectivity index (χ0n) is 8.63. The van der Waals surface area contributed by atoms with Gasteiger partial charge in [-0.3, -0.25) is 0 Å². The third-order valence-electron chi connectivity index (χ3n) is 2.53. The van der Waals surface area contributed by atoms with Crippen LogP contribution in [0.25, 0.3) is 0 Å². The summed E-state index contributed by atoms with van der Waals surface area (Å²) in [4.78, 5) is 18.1. The maximum atomic E-state index is 10.5. The number of nitrogens with one attached hydrogen (secondary N) is 1. The van der Waals surface area contributed by atoms with Gasteiger partial charge in [-0.25, -0.2) is 14.8 Å². The summed E-state index contributed by atoms with van der Waals surface area (Å²) in [7, 11) is 0. The van der Waals surface area contributed by atoms with E-state index in [0.717, 1.165) is 12.8 Å². The summed E-state index contributed by atoms with van der Waals surface area (Å²) in [6.07, 6.45) is 4.33. The standard InChI is InChI=1S/C10H13N3O3/c14-8(6-1-2-6)4-13-9-5-11-7(3-12-9)10(15)16/h3,5-6,8,14H,1-2,4H2,(H,12,13)(H,15,16). The Morgan fingerprint density at radius 1 is 1.50 bits per heavy atom. The molecule has 1 aliphatic carbocycles. The normalized spacial score (nSPS) is 16.8. The summed E-state index contributed by atoms with van der Waals surface area (Å²) in [5.74, 6) is -0.222. The minimum atomic E-state index is -1.10. The summed E-state index contributed by atoms with van der Waals surface area (Å²) in [5.41, 5.74) is -0.0895. The first-order valence-electron chi connectivity index (χ1n) is 5.14. The lowest BCUT2D eigenvalue weighted by atomic mass is 10.2. The number of hydrogen-bond donors (Lipinski definition) is 3. The van der Waals surface area contributed by atoms with Gasteiger partial charge in [0.1, 0.15) is 5.82 Å². The Labute approximate surface area is 92.4 Å². The van der Waals surface area contributed by atoms with Crippen LogP contribution in [0.1, 0.15) is 23.3 Å². The van der Waals surface area contributed by atoms with E-state index in [2.05, 4.69) is 15.3 Å². The Bertz CT molecular complexity index is 375. The highest BCUT2D eigenvalue weighted by atomic mass is 16.4. The molecule has 86 valence electrons. The second-order valence-corrected chi connectivity index (χ2v) is 3.88. The minimum Gasteiger partial charge on any atom is -0.476 e. The van der Waals surface area contributed by atoms with Crippen molar-refractivity contribution < 1.29 is 15.0 Å². The van der Waals surface area contributed by atoms with Gasteiger partial charge < -0.3 is 15.5 Å². The molecule has 0 saturated heterocycles. The van der Waals surface area contributed by atoms with Crippen LogP contribution in [-0.4, -0.2) is 38.8 Å². The van der Waals surface area contributed by atoms with Gasteiger partial charge in [0.15, 0.2) is 5.69 Å². The second-order valence-electron chi connectivity index (χ2n) is 3.88. The van der Waals surface area contributed by atoms with Crippen molar-refractivity contribution in [2.75, 3.05) is 11.9 Å². The van der Waals surface area contributed by atoms with Gasteiger partial charge in [0, 0.05) is 6.54 Å². The molecule has 2 rings (SSSR count). The van der Waals surface area contributed by atoms with Crippen LogP contribution in [0.2, 0.25) is 0 Å². The van der Waals surface area contributed by atoms with E-state index in [0.29, 0.717) is 18.3 Å². The lowest BCUT2D eigenvalue weighted by Crippen LogP contribution is -2.21. The van der Waals surface area contributed by atoms with Crippen LogP contribution < -0.4 is 5.32 Å². The molecule has 0 aliphatic heterocycles. The molecule has 1 heterocycles. The summed E-state index contributed by atoms with van der Waals surface area (Å²) in [5, 5.41) is 21.1. The smallest absolute Gasteiger partial charge is 0.356 e. The maximum Gasteiger partial charge on any atom is 0.356 e. The average Bonchev–Trinajstić information content (AvgIpc) is 3.10. The van der Waals surface area contributed by atoms with E-state index in [4.69, 9.17) is 5.11 Å². The van der Waals surface area contributed by atoms with Gasteiger partial charge in [-0.05, 0) is 18.8 Å². The van der Waals surface area contributed by atoms with Crippen molar-refractivity contribution in [2.45, 2.75) is 18.9 Å². The molecule has 1 aliphatic rings. The molecular formula is C10H13N3O3. The number of aromatic carboxylic acids is 1. The summed E-state index contributed by atoms with van der Waals surface area (Å²) in [6, 6.07) is 0. The third kappa shape index (κ3) is 2.66. The Kier molecular flexibility index (Phi) is 3.00. The lowest BCUT2D eigenvalue weighted by Gasteiger charge is -2.10. The van der Waals surface area contributed by atoms with Crippen LogP contribution >= 0.6 is 0 Å². The van der Waals surface area contributed by atoms with Crippen LogP contribution in [0.3, 0.4) is 0 Å². The van der Waals surface area contributed by atoms with Gasteiger partial charge in [-0.2, -0.15) is 0 Å². The largest absolute Gasteiger partial charge is 0.476 e. The Hall–Kier alpha value is -1.69. The molecule has 0 spiro atoms. The summed E-state index contributed by atoms with van der Waals surface area (Å²) < 4.78 is 0. The van der Waals surface area contributed by atoms with Crippen LogP contribution in [0.4, 0.5) is 5.82 Å². The molecule has 0 radical (unpaired) electrons. The van der Waals surface area contributed by atoms with E-state index in [-0.39, 0.29) is 11.8 Å². The molecular weight excluding hydrogens is 210 g/mol. The number of rotatable bonds is 5. The molecule has 16 heavy (non-hydrogen) atoms. The summed E-state index contributed by atoms with van der Waals surface area (Å²) in [6.45, 7) is 0.422. The van der Waals surface area contributed by atoms with E-state index >= 15 is 0 Å². The number of carboxylic acids is 1. The lowest BCUT2D eigenvalue weighted by molar-refractivity contribution is 0.0690. The molecule has 1 atom stereocenters. The van der Waals surface area contributed by atoms with Crippen molar-refractivity contribution in [3.05, 3.63) is 18.1 Å². The first-order valence-corrected chi connectivity index (χ1v) is 5.14. The molecule has 1 unspecified atom stereocenters. The first-order chi connectivity index (χ1) is 7.66. The maximum absolute atomic E-state index is 10.5. The van der Waals surface area contributed by atoms with Crippen LogP contribution in [0.15, 0.2) is 12.4 Å². The fraction of sp³-hybridized carbons (Fsp3) is 0.500. The monoisotopic (exact) mass is 223 g/mol. The molecule has 0 aromatic carbocycles. The van der Waals surface area contributed by atoms with Gasteiger partial charge in [0.25, 0.3) is 0 Å². The highest BCUT2D eigenvalue weighted by molar-refractivity contribution is 5.84. The SMILES string of the molecule is O=C(O)c1cnc(NCC(O)C2CC2)cn1. The van der Waals surface area contributed by atoms with Crippen LogP contribution in [0, 0.1) is 5.92 Å².